The zero-order valence-electron chi connectivity index (χ0n) is 18.4. The largest absolute Gasteiger partial charge is 0.346 e. The topological polar surface area (TPSA) is 88.4 Å². The van der Waals surface area contributed by atoms with Crippen LogP contribution in [0, 0.1) is 6.92 Å². The Morgan fingerprint density at radius 3 is 2.68 bits per heavy atom. The Kier molecular flexibility index (Phi) is 5.77. The first-order valence-electron chi connectivity index (χ1n) is 10.6. The quantitative estimate of drug-likeness (QED) is 0.340. The van der Waals surface area contributed by atoms with Crippen LogP contribution >= 0.6 is 22.9 Å². The van der Waals surface area contributed by atoms with Gasteiger partial charge in [0.25, 0.3) is 11.5 Å². The van der Waals surface area contributed by atoms with Crippen molar-refractivity contribution in [3.8, 4) is 0 Å². The molecule has 1 atom stereocenters. The first-order valence-corrected chi connectivity index (χ1v) is 11.8. The Morgan fingerprint density at radius 1 is 1.09 bits per heavy atom. The zero-order valence-corrected chi connectivity index (χ0v) is 19.9. The van der Waals surface area contributed by atoms with Crippen molar-refractivity contribution in [1.29, 1.82) is 0 Å². The Morgan fingerprint density at radius 2 is 1.88 bits per heavy atom. The Hall–Kier alpha value is -3.75. The number of hydrogen-bond donors (Lipinski definition) is 2. The fourth-order valence-electron chi connectivity index (χ4n) is 3.65. The highest BCUT2D eigenvalue weighted by molar-refractivity contribution is 7.20. The molecular weight excluding hydrogens is 470 g/mol. The van der Waals surface area contributed by atoms with Crippen LogP contribution in [0.2, 0.25) is 5.02 Å². The minimum atomic E-state index is -0.295. The fourth-order valence-corrected chi connectivity index (χ4v) is 4.63. The molecule has 0 bridgehead atoms. The summed E-state index contributed by atoms with van der Waals surface area (Å²) >= 11 is 7.35. The van der Waals surface area contributed by atoms with E-state index < -0.39 is 0 Å². The molecular formula is C25H20ClN5O2S. The van der Waals surface area contributed by atoms with Crippen molar-refractivity contribution >= 4 is 55.5 Å². The third kappa shape index (κ3) is 4.25. The predicted octanol–water partition coefficient (Wildman–Crippen LogP) is 5.50. The molecule has 1 unspecified atom stereocenters. The summed E-state index contributed by atoms with van der Waals surface area (Å²) in [5.41, 5.74) is 3.39. The smallest absolute Gasteiger partial charge is 0.283 e. The van der Waals surface area contributed by atoms with Gasteiger partial charge in [0, 0.05) is 16.3 Å². The van der Waals surface area contributed by atoms with Crippen LogP contribution in [-0.4, -0.2) is 20.5 Å². The van der Waals surface area contributed by atoms with E-state index in [0.717, 1.165) is 16.8 Å². The van der Waals surface area contributed by atoms with E-state index in [-0.39, 0.29) is 17.5 Å². The van der Waals surface area contributed by atoms with E-state index in [9.17, 15) is 9.59 Å². The van der Waals surface area contributed by atoms with Crippen LogP contribution in [0.3, 0.4) is 0 Å². The first-order chi connectivity index (χ1) is 16.4. The van der Waals surface area contributed by atoms with E-state index in [1.54, 1.807) is 24.3 Å². The number of aromatic nitrogens is 3. The summed E-state index contributed by atoms with van der Waals surface area (Å²) in [5.74, 6) is -0.233. The minimum absolute atomic E-state index is 0.157. The number of halogens is 1. The third-order valence-corrected chi connectivity index (χ3v) is 6.61. The highest BCUT2D eigenvalue weighted by Crippen LogP contribution is 2.27. The van der Waals surface area contributed by atoms with Gasteiger partial charge in [-0.15, -0.1) is 5.10 Å². The summed E-state index contributed by atoms with van der Waals surface area (Å²) in [6, 6.07) is 20.0. The van der Waals surface area contributed by atoms with Gasteiger partial charge in [-0.05, 0) is 55.3 Å². The number of carbonyl (C=O) groups excluding carboxylic acids is 1. The fraction of sp³-hybridized carbons (Fsp3) is 0.120. The van der Waals surface area contributed by atoms with Crippen molar-refractivity contribution < 1.29 is 4.79 Å². The molecule has 3 aromatic carbocycles. The number of carbonyl (C=O) groups is 1. The Labute approximate surface area is 204 Å². The number of benzene rings is 3. The van der Waals surface area contributed by atoms with Crippen molar-refractivity contribution in [1.82, 2.24) is 19.9 Å². The number of hydrogen-bond acceptors (Lipinski definition) is 6. The van der Waals surface area contributed by atoms with Crippen molar-refractivity contribution in [3.63, 3.8) is 0 Å². The highest BCUT2D eigenvalue weighted by atomic mass is 35.5. The maximum Gasteiger partial charge on any atom is 0.283 e. The molecule has 0 saturated carbocycles. The van der Waals surface area contributed by atoms with Gasteiger partial charge in [0.15, 0.2) is 0 Å². The van der Waals surface area contributed by atoms with E-state index in [0.29, 0.717) is 31.6 Å². The number of aryl methyl sites for hydroxylation is 1. The summed E-state index contributed by atoms with van der Waals surface area (Å²) < 4.78 is 1.27. The number of nitrogens with zero attached hydrogens (tertiary/aromatic N) is 3. The average molecular weight is 490 g/mol. The zero-order chi connectivity index (χ0) is 23.8. The molecule has 0 aliphatic carbocycles. The highest BCUT2D eigenvalue weighted by Gasteiger charge is 2.16. The van der Waals surface area contributed by atoms with E-state index >= 15 is 0 Å². The van der Waals surface area contributed by atoms with Gasteiger partial charge in [-0.25, -0.2) is 4.98 Å². The van der Waals surface area contributed by atoms with Crippen molar-refractivity contribution in [2.75, 3.05) is 5.32 Å². The molecule has 5 aromatic rings. The van der Waals surface area contributed by atoms with E-state index in [1.165, 1.54) is 15.9 Å². The lowest BCUT2D eigenvalue weighted by Gasteiger charge is -2.14. The second-order valence-corrected chi connectivity index (χ2v) is 9.33. The van der Waals surface area contributed by atoms with Gasteiger partial charge in [-0.2, -0.15) is 4.52 Å². The van der Waals surface area contributed by atoms with Gasteiger partial charge in [0.2, 0.25) is 10.1 Å². The monoisotopic (exact) mass is 489 g/mol. The molecule has 0 spiro atoms. The Balaban J connectivity index is 1.46. The molecule has 1 amide bonds. The molecule has 9 heteroatoms. The summed E-state index contributed by atoms with van der Waals surface area (Å²) in [7, 11) is 0. The SMILES string of the molecule is Cc1ccc(Cl)cc1Nc1nn2c(=O)c3ccc(C(=O)NC(C)c4ccccc4)cc3nc2s1. The average Bonchev–Trinajstić information content (AvgIpc) is 3.24. The second-order valence-electron chi connectivity index (χ2n) is 7.94. The van der Waals surface area contributed by atoms with E-state index in [2.05, 4.69) is 20.7 Å². The number of fused-ring (bicyclic) bond motifs is 2. The second kappa shape index (κ2) is 8.89. The van der Waals surface area contributed by atoms with Crippen LogP contribution < -0.4 is 16.2 Å². The van der Waals surface area contributed by atoms with Gasteiger partial charge >= 0.3 is 0 Å². The lowest BCUT2D eigenvalue weighted by atomic mass is 10.1. The van der Waals surface area contributed by atoms with Crippen LogP contribution in [0.1, 0.15) is 34.5 Å². The van der Waals surface area contributed by atoms with Gasteiger partial charge in [0.05, 0.1) is 16.9 Å². The molecule has 2 aromatic heterocycles. The number of anilines is 2. The predicted molar refractivity (Wildman–Crippen MR) is 136 cm³/mol. The van der Waals surface area contributed by atoms with Crippen molar-refractivity contribution in [2.45, 2.75) is 19.9 Å². The molecule has 0 radical (unpaired) electrons. The van der Waals surface area contributed by atoms with E-state index in [4.69, 9.17) is 11.6 Å². The third-order valence-electron chi connectivity index (χ3n) is 5.55. The normalized spacial score (nSPS) is 12.1. The van der Waals surface area contributed by atoms with Crippen molar-refractivity contribution in [3.05, 3.63) is 98.8 Å². The standard InChI is InChI=1S/C25H20ClN5O2S/c1-14-8-10-18(26)13-20(14)28-24-30-31-23(33)19-11-9-17(12-21(19)29-25(31)34-24)22(32)27-15(2)16-6-4-3-5-7-16/h3-13,15H,1-2H3,(H,27,32)(H,28,30). The molecule has 0 aliphatic heterocycles. The summed E-state index contributed by atoms with van der Waals surface area (Å²) in [6.45, 7) is 3.88. The van der Waals surface area contributed by atoms with Crippen LogP contribution in [0.15, 0.2) is 71.5 Å². The number of amides is 1. The molecule has 0 saturated heterocycles. The molecule has 2 N–H and O–H groups in total. The maximum absolute atomic E-state index is 13.0. The molecule has 7 nitrogen and oxygen atoms in total. The van der Waals surface area contributed by atoms with Gasteiger partial charge in [-0.1, -0.05) is 59.3 Å². The maximum atomic E-state index is 13.0. The summed E-state index contributed by atoms with van der Waals surface area (Å²) in [4.78, 5) is 30.9. The van der Waals surface area contributed by atoms with Crippen LogP contribution in [-0.2, 0) is 0 Å². The summed E-state index contributed by atoms with van der Waals surface area (Å²) in [6.07, 6.45) is 0. The summed E-state index contributed by atoms with van der Waals surface area (Å²) in [5, 5.41) is 12.1. The lowest BCUT2D eigenvalue weighted by Crippen LogP contribution is -2.26. The Bertz CT molecular complexity index is 1600. The van der Waals surface area contributed by atoms with Gasteiger partial charge in [-0.3, -0.25) is 9.59 Å². The molecule has 5 rings (SSSR count). The molecule has 34 heavy (non-hydrogen) atoms. The molecule has 0 fully saturated rings. The minimum Gasteiger partial charge on any atom is -0.346 e. The van der Waals surface area contributed by atoms with Crippen LogP contribution in [0.5, 0.6) is 0 Å². The van der Waals surface area contributed by atoms with Crippen molar-refractivity contribution in [2.24, 2.45) is 0 Å². The van der Waals surface area contributed by atoms with E-state index in [1.807, 2.05) is 56.3 Å². The van der Waals surface area contributed by atoms with Gasteiger partial charge < -0.3 is 10.6 Å². The first kappa shape index (κ1) is 22.1. The van der Waals surface area contributed by atoms with Crippen LogP contribution in [0.4, 0.5) is 10.8 Å². The lowest BCUT2D eigenvalue weighted by molar-refractivity contribution is 0.0940. The molecule has 0 aliphatic rings. The number of rotatable bonds is 5. The van der Waals surface area contributed by atoms with Crippen LogP contribution in [0.25, 0.3) is 15.9 Å². The molecule has 2 heterocycles. The van der Waals surface area contributed by atoms with Gasteiger partial charge in [0.1, 0.15) is 0 Å². The molecule has 170 valence electrons. The number of nitrogens with one attached hydrogen (secondary N) is 2.